The van der Waals surface area contributed by atoms with Crippen molar-refractivity contribution in [2.24, 2.45) is 0 Å². The number of nitrogens with zero attached hydrogens (tertiary/aromatic N) is 1. The molecule has 2 aromatic carbocycles. The van der Waals surface area contributed by atoms with Crippen LogP contribution in [0.3, 0.4) is 0 Å². The number of aromatic nitrogens is 1. The van der Waals surface area contributed by atoms with Gasteiger partial charge in [0, 0.05) is 23.0 Å². The molecule has 0 radical (unpaired) electrons. The maximum atomic E-state index is 11.7. The summed E-state index contributed by atoms with van der Waals surface area (Å²) >= 11 is 0. The second kappa shape index (κ2) is 5.00. The summed E-state index contributed by atoms with van der Waals surface area (Å²) in [6.07, 6.45) is 1.75. The van der Waals surface area contributed by atoms with Crippen LogP contribution in [0.4, 0.5) is 11.4 Å². The number of rotatable bonds is 2. The third-order valence-electron chi connectivity index (χ3n) is 3.55. The van der Waals surface area contributed by atoms with Gasteiger partial charge in [-0.3, -0.25) is 4.98 Å². The Balaban J connectivity index is 1.91. The smallest absolute Gasteiger partial charge is 0.338 e. The van der Waals surface area contributed by atoms with Gasteiger partial charge in [-0.25, -0.2) is 4.79 Å². The van der Waals surface area contributed by atoms with Gasteiger partial charge in [0.25, 0.3) is 0 Å². The Morgan fingerprint density at radius 3 is 2.73 bits per heavy atom. The summed E-state index contributed by atoms with van der Waals surface area (Å²) in [6, 6.07) is 18.7. The highest BCUT2D eigenvalue weighted by atomic mass is 16.4. The quantitative estimate of drug-likeness (QED) is 0.564. The topological polar surface area (TPSA) is 55.1 Å². The molecule has 0 aliphatic carbocycles. The molecular weight excluding hydrogens is 276 g/mol. The average Bonchev–Trinajstić information content (AvgIpc) is 2.55. The molecule has 0 saturated heterocycles. The van der Waals surface area contributed by atoms with E-state index in [9.17, 15) is 4.79 Å². The molecule has 0 saturated carbocycles. The van der Waals surface area contributed by atoms with Gasteiger partial charge in [0.1, 0.15) is 5.58 Å². The zero-order valence-corrected chi connectivity index (χ0v) is 11.6. The summed E-state index contributed by atoms with van der Waals surface area (Å²) in [5, 5.41) is 5.21. The van der Waals surface area contributed by atoms with Crippen LogP contribution in [0.15, 0.2) is 76.1 Å². The maximum Gasteiger partial charge on any atom is 0.338 e. The van der Waals surface area contributed by atoms with Gasteiger partial charge in [-0.15, -0.1) is 0 Å². The number of para-hydroxylation sites is 2. The normalized spacial score (nSPS) is 10.9. The van der Waals surface area contributed by atoms with Crippen molar-refractivity contribution in [3.8, 4) is 0 Å². The Morgan fingerprint density at radius 2 is 1.77 bits per heavy atom. The molecule has 0 fully saturated rings. The van der Waals surface area contributed by atoms with E-state index in [0.717, 1.165) is 22.0 Å². The molecule has 106 valence electrons. The fourth-order valence-corrected chi connectivity index (χ4v) is 2.57. The number of nitrogens with one attached hydrogen (secondary N) is 1. The summed E-state index contributed by atoms with van der Waals surface area (Å²) in [4.78, 5) is 16.2. The fourth-order valence-electron chi connectivity index (χ4n) is 2.57. The Bertz CT molecular complexity index is 1030. The minimum absolute atomic E-state index is 0.380. The van der Waals surface area contributed by atoms with Gasteiger partial charge in [0.05, 0.1) is 16.9 Å². The molecule has 1 N–H and O–H groups in total. The molecule has 0 atom stereocenters. The molecule has 2 aromatic heterocycles. The minimum Gasteiger partial charge on any atom is -0.423 e. The van der Waals surface area contributed by atoms with E-state index in [1.807, 2.05) is 48.5 Å². The highest BCUT2D eigenvalue weighted by molar-refractivity contribution is 5.97. The number of anilines is 2. The number of fused-ring (bicyclic) bond motifs is 2. The molecular formula is C18H12N2O2. The first kappa shape index (κ1) is 12.6. The predicted octanol–water partition coefficient (Wildman–Crippen LogP) is 4.08. The summed E-state index contributed by atoms with van der Waals surface area (Å²) in [6.45, 7) is 0. The van der Waals surface area contributed by atoms with Gasteiger partial charge in [-0.2, -0.15) is 0 Å². The van der Waals surface area contributed by atoms with E-state index in [-0.39, 0.29) is 5.63 Å². The summed E-state index contributed by atoms with van der Waals surface area (Å²) in [5.74, 6) is 0. The summed E-state index contributed by atoms with van der Waals surface area (Å²) < 4.78 is 5.22. The van der Waals surface area contributed by atoms with Gasteiger partial charge in [0.2, 0.25) is 0 Å². The first-order valence-electron chi connectivity index (χ1n) is 6.95. The van der Waals surface area contributed by atoms with Crippen LogP contribution in [0.1, 0.15) is 0 Å². The van der Waals surface area contributed by atoms with Crippen LogP contribution >= 0.6 is 0 Å². The standard InChI is InChI=1S/C18H12N2O2/c21-17-11-15(13-7-1-2-9-16(13)22-17)20-14-8-3-5-12-6-4-10-19-18(12)14/h1-11,20H. The molecule has 0 aliphatic rings. The lowest BCUT2D eigenvalue weighted by atomic mass is 10.1. The summed E-state index contributed by atoms with van der Waals surface area (Å²) in [5.41, 5.74) is 2.61. The molecule has 0 unspecified atom stereocenters. The lowest BCUT2D eigenvalue weighted by molar-refractivity contribution is 0.561. The minimum atomic E-state index is -0.380. The number of pyridine rings is 1. The molecule has 4 rings (SSSR count). The predicted molar refractivity (Wildman–Crippen MR) is 87.5 cm³/mol. The van der Waals surface area contributed by atoms with E-state index in [0.29, 0.717) is 11.3 Å². The summed E-state index contributed by atoms with van der Waals surface area (Å²) in [7, 11) is 0. The molecule has 4 nitrogen and oxygen atoms in total. The molecule has 0 aliphatic heterocycles. The van der Waals surface area contributed by atoms with Crippen molar-refractivity contribution in [1.29, 1.82) is 0 Å². The molecule has 0 amide bonds. The van der Waals surface area contributed by atoms with Gasteiger partial charge >= 0.3 is 5.63 Å². The van der Waals surface area contributed by atoms with Crippen LogP contribution in [0, 0.1) is 0 Å². The van der Waals surface area contributed by atoms with E-state index in [1.165, 1.54) is 6.07 Å². The monoisotopic (exact) mass is 288 g/mol. The molecule has 0 spiro atoms. The van der Waals surface area contributed by atoms with Crippen molar-refractivity contribution in [1.82, 2.24) is 4.98 Å². The second-order valence-electron chi connectivity index (χ2n) is 4.98. The van der Waals surface area contributed by atoms with Crippen molar-refractivity contribution in [2.45, 2.75) is 0 Å². The third-order valence-corrected chi connectivity index (χ3v) is 3.55. The zero-order chi connectivity index (χ0) is 14.9. The second-order valence-corrected chi connectivity index (χ2v) is 4.98. The number of hydrogen-bond acceptors (Lipinski definition) is 4. The van der Waals surface area contributed by atoms with Gasteiger partial charge < -0.3 is 9.73 Å². The molecule has 4 heteroatoms. The van der Waals surface area contributed by atoms with E-state index < -0.39 is 0 Å². The SMILES string of the molecule is O=c1cc(Nc2cccc3cccnc23)c2ccccc2o1. The highest BCUT2D eigenvalue weighted by Gasteiger charge is 2.07. The average molecular weight is 288 g/mol. The Kier molecular flexibility index (Phi) is 2.86. The van der Waals surface area contributed by atoms with Gasteiger partial charge in [-0.05, 0) is 24.3 Å². The lowest BCUT2D eigenvalue weighted by Crippen LogP contribution is -2.01. The first-order chi connectivity index (χ1) is 10.8. The number of hydrogen-bond donors (Lipinski definition) is 1. The number of benzene rings is 2. The maximum absolute atomic E-state index is 11.7. The van der Waals surface area contributed by atoms with Crippen molar-refractivity contribution in [2.75, 3.05) is 5.32 Å². The van der Waals surface area contributed by atoms with Crippen molar-refractivity contribution >= 4 is 33.2 Å². The Hall–Kier alpha value is -3.14. The fraction of sp³-hybridized carbons (Fsp3) is 0. The lowest BCUT2D eigenvalue weighted by Gasteiger charge is -2.10. The van der Waals surface area contributed by atoms with Crippen molar-refractivity contribution < 1.29 is 4.42 Å². The van der Waals surface area contributed by atoms with Crippen molar-refractivity contribution in [3.63, 3.8) is 0 Å². The van der Waals surface area contributed by atoms with Crippen molar-refractivity contribution in [3.05, 3.63) is 77.3 Å². The Labute approximate surface area is 126 Å². The molecule has 22 heavy (non-hydrogen) atoms. The van der Waals surface area contributed by atoms with Gasteiger partial charge in [0.15, 0.2) is 0 Å². The van der Waals surface area contributed by atoms with Crippen LogP contribution in [0.25, 0.3) is 21.9 Å². The van der Waals surface area contributed by atoms with Crippen LogP contribution in [0.5, 0.6) is 0 Å². The third kappa shape index (κ3) is 2.11. The van der Waals surface area contributed by atoms with Crippen LogP contribution in [0.2, 0.25) is 0 Å². The van der Waals surface area contributed by atoms with Crippen LogP contribution in [-0.4, -0.2) is 4.98 Å². The van der Waals surface area contributed by atoms with E-state index in [4.69, 9.17) is 4.42 Å². The molecule has 0 bridgehead atoms. The molecule has 2 heterocycles. The molecule has 4 aromatic rings. The first-order valence-corrected chi connectivity index (χ1v) is 6.95. The van der Waals surface area contributed by atoms with Crippen LogP contribution in [-0.2, 0) is 0 Å². The highest BCUT2D eigenvalue weighted by Crippen LogP contribution is 2.28. The largest absolute Gasteiger partial charge is 0.423 e. The Morgan fingerprint density at radius 1 is 0.909 bits per heavy atom. The van der Waals surface area contributed by atoms with E-state index >= 15 is 0 Å². The van der Waals surface area contributed by atoms with Gasteiger partial charge in [-0.1, -0.05) is 30.3 Å². The van der Waals surface area contributed by atoms with E-state index in [2.05, 4.69) is 10.3 Å². The van der Waals surface area contributed by atoms with E-state index in [1.54, 1.807) is 12.3 Å². The van der Waals surface area contributed by atoms with Crippen LogP contribution < -0.4 is 10.9 Å². The zero-order valence-electron chi connectivity index (χ0n) is 11.6.